The summed E-state index contributed by atoms with van der Waals surface area (Å²) in [6.45, 7) is 0.491. The lowest BCUT2D eigenvalue weighted by Gasteiger charge is -2.16. The predicted octanol–water partition coefficient (Wildman–Crippen LogP) is 3.06. The maximum atomic E-state index is 14.6. The first kappa shape index (κ1) is 23.6. The molecule has 2 aromatic rings. The van der Waals surface area contributed by atoms with E-state index in [1.54, 1.807) is 0 Å². The average molecular weight is 462 g/mol. The number of sulfonamides is 1. The molecule has 2 N–H and O–H groups in total. The number of rotatable bonds is 5. The van der Waals surface area contributed by atoms with Gasteiger partial charge in [0.2, 0.25) is 10.0 Å². The van der Waals surface area contributed by atoms with Crippen molar-refractivity contribution >= 4 is 21.7 Å². The second-order valence-corrected chi connectivity index (χ2v) is 7.69. The number of hydrogen-bond donors (Lipinski definition) is 2. The number of hydrogen-bond acceptors (Lipinski definition) is 4. The van der Waals surface area contributed by atoms with Crippen molar-refractivity contribution in [1.29, 1.82) is 0 Å². The molecule has 0 aromatic carbocycles. The summed E-state index contributed by atoms with van der Waals surface area (Å²) in [4.78, 5) is 14.1. The van der Waals surface area contributed by atoms with E-state index in [1.807, 2.05) is 5.32 Å². The van der Waals surface area contributed by atoms with Gasteiger partial charge in [-0.2, -0.15) is 31.1 Å². The van der Waals surface area contributed by atoms with Gasteiger partial charge >= 0.3 is 12.4 Å². The van der Waals surface area contributed by atoms with Crippen molar-refractivity contribution in [3.8, 4) is 0 Å². The van der Waals surface area contributed by atoms with Crippen LogP contribution in [0.25, 0.3) is 0 Å². The van der Waals surface area contributed by atoms with Crippen LogP contribution in [0.15, 0.2) is 29.3 Å². The van der Waals surface area contributed by atoms with Crippen molar-refractivity contribution in [3.05, 3.63) is 41.6 Å². The van der Waals surface area contributed by atoms with Gasteiger partial charge in [0.05, 0.1) is 0 Å². The first-order valence-electron chi connectivity index (χ1n) is 7.83. The summed E-state index contributed by atoms with van der Waals surface area (Å²) in [5, 5.41) is 1.88. The summed E-state index contributed by atoms with van der Waals surface area (Å²) in [6.07, 6.45) is -9.22. The summed E-state index contributed by atoms with van der Waals surface area (Å²) in [5.74, 6) is -3.67. The van der Waals surface area contributed by atoms with Crippen LogP contribution in [-0.2, 0) is 23.2 Å². The molecule has 0 aliphatic rings. The third kappa shape index (κ3) is 5.08. The van der Waals surface area contributed by atoms with E-state index >= 15 is 0 Å². The minimum absolute atomic E-state index is 0.491. The molecule has 2 rings (SSSR count). The van der Waals surface area contributed by atoms with Crippen LogP contribution < -0.4 is 10.0 Å². The van der Waals surface area contributed by atoms with E-state index in [9.17, 15) is 43.9 Å². The molecule has 30 heavy (non-hydrogen) atoms. The molecule has 0 saturated heterocycles. The monoisotopic (exact) mass is 462 g/mol. The largest absolute Gasteiger partial charge is 0.433 e. The Morgan fingerprint density at radius 2 is 1.77 bits per heavy atom. The topological polar surface area (TPSA) is 93.1 Å². The molecule has 0 radical (unpaired) electrons. The Morgan fingerprint density at radius 1 is 1.17 bits per heavy atom. The van der Waals surface area contributed by atoms with Crippen molar-refractivity contribution in [2.45, 2.75) is 30.2 Å². The van der Waals surface area contributed by atoms with Crippen LogP contribution in [-0.4, -0.2) is 36.1 Å². The first-order chi connectivity index (χ1) is 13.5. The van der Waals surface area contributed by atoms with Crippen LogP contribution in [0.1, 0.15) is 23.1 Å². The highest BCUT2D eigenvalue weighted by Crippen LogP contribution is 2.29. The molecule has 0 aliphatic heterocycles. The van der Waals surface area contributed by atoms with Gasteiger partial charge in [-0.15, -0.1) is 0 Å². The van der Waals surface area contributed by atoms with Gasteiger partial charge in [-0.05, 0) is 19.1 Å². The number of carbonyl (C=O) groups is 1. The summed E-state index contributed by atoms with van der Waals surface area (Å²) in [5.41, 5.74) is -2.30. The molecular formula is C15H13F7N4O3S. The molecule has 15 heteroatoms. The average Bonchev–Trinajstić information content (AvgIpc) is 2.88. The third-order valence-corrected chi connectivity index (χ3v) is 5.22. The summed E-state index contributed by atoms with van der Waals surface area (Å²) in [7, 11) is -4.00. The summed E-state index contributed by atoms with van der Waals surface area (Å²) >= 11 is 0. The van der Waals surface area contributed by atoms with Crippen molar-refractivity contribution in [2.24, 2.45) is 7.05 Å². The summed E-state index contributed by atoms with van der Waals surface area (Å²) < 4.78 is 116. The smallest absolute Gasteiger partial charge is 0.343 e. The number of halogens is 7. The third-order valence-electron chi connectivity index (χ3n) is 3.70. The van der Waals surface area contributed by atoms with Gasteiger partial charge in [-0.3, -0.25) is 4.79 Å². The first-order valence-corrected chi connectivity index (χ1v) is 9.32. The van der Waals surface area contributed by atoms with Crippen LogP contribution in [0.5, 0.6) is 0 Å². The van der Waals surface area contributed by atoms with Crippen molar-refractivity contribution in [1.82, 2.24) is 14.3 Å². The lowest BCUT2D eigenvalue weighted by Crippen LogP contribution is -2.43. The Labute approximate surface area is 164 Å². The molecule has 0 unspecified atom stereocenters. The number of nitrogens with zero attached hydrogens (tertiary/aromatic N) is 2. The predicted molar refractivity (Wildman–Crippen MR) is 88.4 cm³/mol. The zero-order valence-corrected chi connectivity index (χ0v) is 15.9. The highest BCUT2D eigenvalue weighted by Gasteiger charge is 2.40. The Morgan fingerprint density at radius 3 is 2.30 bits per heavy atom. The van der Waals surface area contributed by atoms with Crippen LogP contribution in [0.2, 0.25) is 0 Å². The SMILES string of the molecule is C[C@@H](NS(=O)(=O)c1cn(C)c(C(=O)Nc2cccc(C(F)(F)F)n2)c1F)C(F)(F)F. The van der Waals surface area contributed by atoms with E-state index in [-0.39, 0.29) is 0 Å². The number of pyridine rings is 1. The molecule has 2 heterocycles. The molecule has 166 valence electrons. The number of alkyl halides is 6. The summed E-state index contributed by atoms with van der Waals surface area (Å²) in [6, 6.07) is -0.0334. The number of amides is 1. The molecule has 0 spiro atoms. The molecule has 0 saturated carbocycles. The van der Waals surface area contributed by atoms with Gasteiger partial charge in [-0.25, -0.2) is 17.8 Å². The van der Waals surface area contributed by atoms with Crippen molar-refractivity contribution in [3.63, 3.8) is 0 Å². The Kier molecular flexibility index (Phi) is 6.19. The molecule has 0 aliphatic carbocycles. The van der Waals surface area contributed by atoms with Crippen molar-refractivity contribution < 1.29 is 43.9 Å². The fourth-order valence-electron chi connectivity index (χ4n) is 2.22. The van der Waals surface area contributed by atoms with E-state index in [1.165, 1.54) is 4.72 Å². The minimum Gasteiger partial charge on any atom is -0.343 e. The van der Waals surface area contributed by atoms with Crippen LogP contribution in [0, 0.1) is 5.82 Å². The normalized spacial score (nSPS) is 13.9. The molecule has 1 amide bonds. The van der Waals surface area contributed by atoms with Crippen molar-refractivity contribution in [2.75, 3.05) is 5.32 Å². The fraction of sp³-hybridized carbons (Fsp3) is 0.333. The highest BCUT2D eigenvalue weighted by atomic mass is 32.2. The van der Waals surface area contributed by atoms with Gasteiger partial charge in [0.25, 0.3) is 5.91 Å². The number of anilines is 1. The minimum atomic E-state index is -5.02. The van der Waals surface area contributed by atoms with E-state index in [0.717, 1.165) is 19.2 Å². The molecule has 0 fully saturated rings. The standard InChI is InChI=1S/C15H13F7N4O3S/c1-7(14(17,18)19)25-30(28,29)8-6-26(2)12(11(8)16)13(27)24-10-5-3-4-9(23-10)15(20,21)22/h3-7,25H,1-2H3,(H,23,24,27)/t7-/m1/s1. The molecule has 2 aromatic heterocycles. The lowest BCUT2D eigenvalue weighted by molar-refractivity contribution is -0.147. The van der Waals surface area contributed by atoms with E-state index < -0.39 is 62.2 Å². The maximum absolute atomic E-state index is 14.6. The van der Waals surface area contributed by atoms with Gasteiger partial charge in [0.1, 0.15) is 28.1 Å². The number of nitrogens with one attached hydrogen (secondary N) is 2. The van der Waals surface area contributed by atoms with Gasteiger partial charge in [0, 0.05) is 13.2 Å². The van der Waals surface area contributed by atoms with E-state index in [2.05, 4.69) is 4.98 Å². The van der Waals surface area contributed by atoms with E-state index in [4.69, 9.17) is 0 Å². The number of carbonyl (C=O) groups excluding carboxylic acids is 1. The Balaban J connectivity index is 2.35. The number of aryl methyl sites for hydroxylation is 1. The zero-order chi connectivity index (χ0) is 23.1. The van der Waals surface area contributed by atoms with Gasteiger partial charge in [-0.1, -0.05) is 6.07 Å². The zero-order valence-electron chi connectivity index (χ0n) is 15.1. The second kappa shape index (κ2) is 7.86. The van der Waals surface area contributed by atoms with Gasteiger partial charge < -0.3 is 9.88 Å². The molecule has 0 bridgehead atoms. The Hall–Kier alpha value is -2.68. The second-order valence-electron chi connectivity index (χ2n) is 6.01. The number of aromatic nitrogens is 2. The molecule has 1 atom stereocenters. The fourth-order valence-corrected chi connectivity index (χ4v) is 3.57. The highest BCUT2D eigenvalue weighted by molar-refractivity contribution is 7.89. The maximum Gasteiger partial charge on any atom is 0.433 e. The molecule has 7 nitrogen and oxygen atoms in total. The van der Waals surface area contributed by atoms with Crippen LogP contribution >= 0.6 is 0 Å². The van der Waals surface area contributed by atoms with E-state index in [0.29, 0.717) is 23.8 Å². The van der Waals surface area contributed by atoms with Crippen LogP contribution in [0.3, 0.4) is 0 Å². The van der Waals surface area contributed by atoms with Gasteiger partial charge in [0.15, 0.2) is 5.82 Å². The van der Waals surface area contributed by atoms with Crippen LogP contribution in [0.4, 0.5) is 36.6 Å². The lowest BCUT2D eigenvalue weighted by atomic mass is 10.3. The Bertz CT molecular complexity index is 1060. The quantitative estimate of drug-likeness (QED) is 0.669. The molecular weight excluding hydrogens is 449 g/mol.